The fourth-order valence-corrected chi connectivity index (χ4v) is 4.35. The van der Waals surface area contributed by atoms with Crippen molar-refractivity contribution in [3.63, 3.8) is 0 Å². The summed E-state index contributed by atoms with van der Waals surface area (Å²) in [5.74, 6) is -0.308. The van der Waals surface area contributed by atoms with Gasteiger partial charge in [-0.25, -0.2) is 17.5 Å². The Morgan fingerprint density at radius 3 is 2.46 bits per heavy atom. The zero-order valence-corrected chi connectivity index (χ0v) is 16.7. The van der Waals surface area contributed by atoms with Gasteiger partial charge in [-0.1, -0.05) is 12.1 Å². The van der Waals surface area contributed by atoms with E-state index in [1.165, 1.54) is 24.3 Å². The monoisotopic (exact) mass is 405 g/mol. The van der Waals surface area contributed by atoms with E-state index in [1.54, 1.807) is 29.2 Å². The molecule has 1 fully saturated rings. The second kappa shape index (κ2) is 8.38. The minimum atomic E-state index is -3.73. The molecule has 1 saturated heterocycles. The topological polar surface area (TPSA) is 69.7 Å². The van der Waals surface area contributed by atoms with Gasteiger partial charge in [-0.15, -0.1) is 0 Å². The van der Waals surface area contributed by atoms with Gasteiger partial charge >= 0.3 is 0 Å². The first-order valence-corrected chi connectivity index (χ1v) is 10.6. The number of nitrogens with zero attached hydrogens (tertiary/aromatic N) is 2. The third-order valence-electron chi connectivity index (χ3n) is 4.86. The van der Waals surface area contributed by atoms with Crippen LogP contribution in [-0.4, -0.2) is 46.4 Å². The van der Waals surface area contributed by atoms with Crippen LogP contribution in [0.15, 0.2) is 53.4 Å². The number of carbonyl (C=O) groups is 1. The van der Waals surface area contributed by atoms with Gasteiger partial charge in [0.1, 0.15) is 5.82 Å². The van der Waals surface area contributed by atoms with Crippen molar-refractivity contribution in [3.8, 4) is 0 Å². The lowest BCUT2D eigenvalue weighted by atomic mass is 10.1. The number of anilines is 1. The van der Waals surface area contributed by atoms with Crippen LogP contribution in [0.1, 0.15) is 24.4 Å². The van der Waals surface area contributed by atoms with Crippen LogP contribution in [0.2, 0.25) is 0 Å². The first kappa shape index (κ1) is 20.4. The smallest absolute Gasteiger partial charge is 0.240 e. The molecule has 0 bridgehead atoms. The first-order valence-electron chi connectivity index (χ1n) is 9.10. The lowest BCUT2D eigenvalue weighted by molar-refractivity contribution is -0.117. The molecule has 1 amide bonds. The van der Waals surface area contributed by atoms with Gasteiger partial charge < -0.3 is 9.80 Å². The molecule has 0 spiro atoms. The maximum absolute atomic E-state index is 13.5. The highest BCUT2D eigenvalue weighted by Crippen LogP contribution is 2.24. The van der Waals surface area contributed by atoms with Gasteiger partial charge in [-0.05, 0) is 62.5 Å². The van der Waals surface area contributed by atoms with E-state index in [2.05, 4.69) is 4.72 Å². The summed E-state index contributed by atoms with van der Waals surface area (Å²) in [6.07, 6.45) is 1.33. The van der Waals surface area contributed by atoms with Crippen LogP contribution in [-0.2, 0) is 14.8 Å². The molecule has 1 N–H and O–H groups in total. The number of likely N-dealkylation sites (N-methyl/N-ethyl adjacent to an activating group) is 1. The average molecular weight is 405 g/mol. The Kier molecular flexibility index (Phi) is 6.12. The molecule has 1 heterocycles. The highest BCUT2D eigenvalue weighted by atomic mass is 32.2. The maximum atomic E-state index is 13.5. The molecule has 0 aliphatic carbocycles. The van der Waals surface area contributed by atoms with Crippen molar-refractivity contribution < 1.29 is 17.6 Å². The molecule has 6 nitrogen and oxygen atoms in total. The van der Waals surface area contributed by atoms with Crippen molar-refractivity contribution in [2.24, 2.45) is 0 Å². The van der Waals surface area contributed by atoms with E-state index in [4.69, 9.17) is 0 Å². The molecule has 2 aromatic carbocycles. The number of hydrogen-bond acceptors (Lipinski definition) is 4. The molecular formula is C20H24FN3O3S. The van der Waals surface area contributed by atoms with E-state index < -0.39 is 10.0 Å². The zero-order valence-electron chi connectivity index (χ0n) is 15.9. The highest BCUT2D eigenvalue weighted by Gasteiger charge is 2.23. The molecule has 3 rings (SSSR count). The van der Waals surface area contributed by atoms with E-state index in [1.807, 2.05) is 19.0 Å². The Labute approximate surface area is 165 Å². The molecule has 1 atom stereocenters. The maximum Gasteiger partial charge on any atom is 0.240 e. The molecule has 28 heavy (non-hydrogen) atoms. The highest BCUT2D eigenvalue weighted by molar-refractivity contribution is 7.89. The van der Waals surface area contributed by atoms with Crippen molar-refractivity contribution in [3.05, 3.63) is 59.9 Å². The number of hydrogen-bond donors (Lipinski definition) is 1. The Balaban J connectivity index is 1.72. The quantitative estimate of drug-likeness (QED) is 0.769. The van der Waals surface area contributed by atoms with Crippen LogP contribution in [0.3, 0.4) is 0 Å². The first-order chi connectivity index (χ1) is 13.3. The van der Waals surface area contributed by atoms with Gasteiger partial charge in [0, 0.05) is 31.2 Å². The fourth-order valence-electron chi connectivity index (χ4n) is 3.31. The van der Waals surface area contributed by atoms with Crippen molar-refractivity contribution in [2.45, 2.75) is 23.8 Å². The van der Waals surface area contributed by atoms with Gasteiger partial charge in [0.25, 0.3) is 0 Å². The molecule has 1 aliphatic heterocycles. The van der Waals surface area contributed by atoms with Crippen LogP contribution < -0.4 is 9.62 Å². The van der Waals surface area contributed by atoms with E-state index in [0.717, 1.165) is 6.42 Å². The predicted molar refractivity (Wildman–Crippen MR) is 106 cm³/mol. The number of benzene rings is 2. The lowest BCUT2D eigenvalue weighted by Gasteiger charge is -2.25. The summed E-state index contributed by atoms with van der Waals surface area (Å²) in [5.41, 5.74) is 1.39. The summed E-state index contributed by atoms with van der Waals surface area (Å²) >= 11 is 0. The molecule has 150 valence electrons. The van der Waals surface area contributed by atoms with E-state index >= 15 is 0 Å². The molecule has 0 aromatic heterocycles. The minimum absolute atomic E-state index is 0.0534. The van der Waals surface area contributed by atoms with Gasteiger partial charge in [0.15, 0.2) is 0 Å². The lowest BCUT2D eigenvalue weighted by Crippen LogP contribution is -2.34. The second-order valence-corrected chi connectivity index (χ2v) is 8.80. The largest absolute Gasteiger partial charge is 0.312 e. The molecule has 0 saturated carbocycles. The molecule has 0 radical (unpaired) electrons. The number of sulfonamides is 1. The van der Waals surface area contributed by atoms with E-state index in [0.29, 0.717) is 24.2 Å². The van der Waals surface area contributed by atoms with Gasteiger partial charge in [0.2, 0.25) is 15.9 Å². The van der Waals surface area contributed by atoms with Crippen LogP contribution in [0.4, 0.5) is 10.1 Å². The summed E-state index contributed by atoms with van der Waals surface area (Å²) in [6.45, 7) is 0.756. The van der Waals surface area contributed by atoms with Crippen LogP contribution in [0, 0.1) is 5.82 Å². The summed E-state index contributed by atoms with van der Waals surface area (Å²) in [5, 5.41) is 0. The SMILES string of the molecule is CN(C)C(CNS(=O)(=O)c1ccc(N2CCCC2=O)cc1)c1cccc(F)c1. The summed E-state index contributed by atoms with van der Waals surface area (Å²) < 4.78 is 41.5. The third kappa shape index (κ3) is 4.57. The minimum Gasteiger partial charge on any atom is -0.312 e. The van der Waals surface area contributed by atoms with Crippen LogP contribution >= 0.6 is 0 Å². The summed E-state index contributed by atoms with van der Waals surface area (Å²) in [4.78, 5) is 15.4. The van der Waals surface area contributed by atoms with E-state index in [-0.39, 0.29) is 29.2 Å². The van der Waals surface area contributed by atoms with Gasteiger partial charge in [0.05, 0.1) is 4.90 Å². The van der Waals surface area contributed by atoms with Crippen LogP contribution in [0.5, 0.6) is 0 Å². The molecular weight excluding hydrogens is 381 g/mol. The zero-order chi connectivity index (χ0) is 20.3. The Hall–Kier alpha value is -2.29. The molecule has 1 unspecified atom stereocenters. The number of carbonyl (C=O) groups excluding carboxylic acids is 1. The Bertz CT molecular complexity index is 945. The van der Waals surface area contributed by atoms with Gasteiger partial charge in [-0.3, -0.25) is 4.79 Å². The van der Waals surface area contributed by atoms with Crippen molar-refractivity contribution in [2.75, 3.05) is 32.1 Å². The molecule has 8 heteroatoms. The Morgan fingerprint density at radius 1 is 1.18 bits per heavy atom. The fraction of sp³-hybridized carbons (Fsp3) is 0.350. The Morgan fingerprint density at radius 2 is 1.89 bits per heavy atom. The van der Waals surface area contributed by atoms with E-state index in [9.17, 15) is 17.6 Å². The van der Waals surface area contributed by atoms with Crippen LogP contribution in [0.25, 0.3) is 0 Å². The predicted octanol–water partition coefficient (Wildman–Crippen LogP) is 2.53. The standard InChI is InChI=1S/C20H24FN3O3S/c1-23(2)19(15-5-3-6-16(21)13-15)14-22-28(26,27)18-10-8-17(9-11-18)24-12-4-7-20(24)25/h3,5-6,8-11,13,19,22H,4,7,12,14H2,1-2H3. The number of halogens is 1. The summed E-state index contributed by atoms with van der Waals surface area (Å²) in [6, 6.07) is 12.1. The second-order valence-electron chi connectivity index (χ2n) is 7.03. The van der Waals surface area contributed by atoms with Crippen molar-refractivity contribution in [1.82, 2.24) is 9.62 Å². The third-order valence-corrected chi connectivity index (χ3v) is 6.30. The van der Waals surface area contributed by atoms with Gasteiger partial charge in [-0.2, -0.15) is 0 Å². The normalized spacial score (nSPS) is 16.0. The number of nitrogens with one attached hydrogen (secondary N) is 1. The van der Waals surface area contributed by atoms with Crippen molar-refractivity contribution in [1.29, 1.82) is 0 Å². The number of rotatable bonds is 7. The molecule has 1 aliphatic rings. The number of amides is 1. The molecule has 2 aromatic rings. The van der Waals surface area contributed by atoms with Crippen molar-refractivity contribution >= 4 is 21.6 Å². The average Bonchev–Trinajstić information content (AvgIpc) is 3.08. The summed E-state index contributed by atoms with van der Waals surface area (Å²) in [7, 11) is -0.112.